The van der Waals surface area contributed by atoms with Crippen molar-refractivity contribution in [3.63, 3.8) is 0 Å². The van der Waals surface area contributed by atoms with E-state index >= 15 is 0 Å². The van der Waals surface area contributed by atoms with Gasteiger partial charge in [0.15, 0.2) is 0 Å². The Balaban J connectivity index is 1.86. The summed E-state index contributed by atoms with van der Waals surface area (Å²) in [4.78, 5) is 33.9. The van der Waals surface area contributed by atoms with Crippen molar-refractivity contribution in [2.75, 3.05) is 12.4 Å². The molecular formula is C17H15BrN4O5. The first-order valence-electron chi connectivity index (χ1n) is 7.59. The molecule has 0 saturated heterocycles. The SMILES string of the molecule is COc1ccc(NC(=O)CC(=O)NN=Cc2ccc(Br)c([N+](=O)[O-])c2)cc1. The molecule has 0 fully saturated rings. The molecule has 0 atom stereocenters. The van der Waals surface area contributed by atoms with Gasteiger partial charge in [-0.3, -0.25) is 19.7 Å². The first-order valence-corrected chi connectivity index (χ1v) is 8.38. The van der Waals surface area contributed by atoms with Crippen molar-refractivity contribution in [3.8, 4) is 5.75 Å². The molecule has 0 unspecified atom stereocenters. The number of nitro benzene ring substituents is 1. The highest BCUT2D eigenvalue weighted by molar-refractivity contribution is 9.10. The number of hydrogen-bond donors (Lipinski definition) is 2. The lowest BCUT2D eigenvalue weighted by molar-refractivity contribution is -0.385. The zero-order chi connectivity index (χ0) is 19.8. The number of amides is 2. The fourth-order valence-corrected chi connectivity index (χ4v) is 2.39. The standard InChI is InChI=1S/C17H15BrN4O5/c1-27-13-5-3-12(4-6-13)20-16(23)9-17(24)21-19-10-11-2-7-14(18)15(8-11)22(25)26/h2-8,10H,9H2,1H3,(H,20,23)(H,21,24). The lowest BCUT2D eigenvalue weighted by Crippen LogP contribution is -2.24. The van der Waals surface area contributed by atoms with Crippen LogP contribution in [0.15, 0.2) is 52.0 Å². The molecule has 0 saturated carbocycles. The highest BCUT2D eigenvalue weighted by Gasteiger charge is 2.12. The van der Waals surface area contributed by atoms with Crippen molar-refractivity contribution in [3.05, 3.63) is 62.6 Å². The van der Waals surface area contributed by atoms with Gasteiger partial charge in [0.05, 0.1) is 22.7 Å². The summed E-state index contributed by atoms with van der Waals surface area (Å²) in [6.07, 6.45) is 0.822. The van der Waals surface area contributed by atoms with E-state index in [1.165, 1.54) is 25.5 Å². The largest absolute Gasteiger partial charge is 0.497 e. The summed E-state index contributed by atoms with van der Waals surface area (Å²) >= 11 is 3.08. The maximum atomic E-state index is 11.8. The molecule has 0 spiro atoms. The van der Waals surface area contributed by atoms with E-state index in [1.807, 2.05) is 0 Å². The molecule has 0 bridgehead atoms. The van der Waals surface area contributed by atoms with Crippen LogP contribution in [-0.4, -0.2) is 30.1 Å². The monoisotopic (exact) mass is 434 g/mol. The third-order valence-electron chi connectivity index (χ3n) is 3.26. The molecule has 0 aliphatic carbocycles. The number of carbonyl (C=O) groups excluding carboxylic acids is 2. The summed E-state index contributed by atoms with van der Waals surface area (Å²) in [5.74, 6) is -0.482. The first-order chi connectivity index (χ1) is 12.9. The summed E-state index contributed by atoms with van der Waals surface area (Å²) in [7, 11) is 1.53. The van der Waals surface area contributed by atoms with Crippen LogP contribution in [-0.2, 0) is 9.59 Å². The van der Waals surface area contributed by atoms with Gasteiger partial charge in [0.2, 0.25) is 11.8 Å². The van der Waals surface area contributed by atoms with Crippen LogP contribution in [0, 0.1) is 10.1 Å². The summed E-state index contributed by atoms with van der Waals surface area (Å²) in [6, 6.07) is 11.0. The Labute approximate surface area is 162 Å². The number of methoxy groups -OCH3 is 1. The number of benzene rings is 2. The van der Waals surface area contributed by atoms with Crippen LogP contribution in [0.3, 0.4) is 0 Å². The molecule has 9 nitrogen and oxygen atoms in total. The number of nitrogens with zero attached hydrogens (tertiary/aromatic N) is 2. The Morgan fingerprint density at radius 2 is 1.93 bits per heavy atom. The number of hydrogen-bond acceptors (Lipinski definition) is 6. The minimum Gasteiger partial charge on any atom is -0.497 e. The molecule has 0 aliphatic rings. The molecule has 2 rings (SSSR count). The van der Waals surface area contributed by atoms with Crippen molar-refractivity contribution in [1.29, 1.82) is 0 Å². The fourth-order valence-electron chi connectivity index (χ4n) is 1.99. The summed E-state index contributed by atoms with van der Waals surface area (Å²) in [5.41, 5.74) is 3.03. The van der Waals surface area contributed by atoms with Crippen LogP contribution in [0.2, 0.25) is 0 Å². The van der Waals surface area contributed by atoms with Gasteiger partial charge in [0, 0.05) is 17.3 Å². The number of carbonyl (C=O) groups is 2. The third-order valence-corrected chi connectivity index (χ3v) is 3.94. The van der Waals surface area contributed by atoms with E-state index < -0.39 is 23.2 Å². The Morgan fingerprint density at radius 3 is 2.56 bits per heavy atom. The van der Waals surface area contributed by atoms with Crippen molar-refractivity contribution >= 4 is 45.3 Å². The lowest BCUT2D eigenvalue weighted by atomic mass is 10.2. The Bertz CT molecular complexity index is 883. The van der Waals surface area contributed by atoms with Crippen LogP contribution in [0.1, 0.15) is 12.0 Å². The van der Waals surface area contributed by atoms with Crippen molar-refractivity contribution in [2.24, 2.45) is 5.10 Å². The molecule has 0 aliphatic heterocycles. The predicted molar refractivity (Wildman–Crippen MR) is 103 cm³/mol. The van der Waals surface area contributed by atoms with E-state index in [2.05, 4.69) is 31.8 Å². The smallest absolute Gasteiger partial charge is 0.284 e. The summed E-state index contributed by atoms with van der Waals surface area (Å²) in [5, 5.41) is 17.1. The van der Waals surface area contributed by atoms with Crippen LogP contribution < -0.4 is 15.5 Å². The van der Waals surface area contributed by atoms with Gasteiger partial charge in [-0.25, -0.2) is 5.43 Å². The van der Waals surface area contributed by atoms with E-state index in [1.54, 1.807) is 30.3 Å². The lowest BCUT2D eigenvalue weighted by Gasteiger charge is -2.05. The van der Waals surface area contributed by atoms with E-state index in [-0.39, 0.29) is 5.69 Å². The minimum atomic E-state index is -0.621. The maximum absolute atomic E-state index is 11.8. The van der Waals surface area contributed by atoms with Crippen molar-refractivity contribution in [1.82, 2.24) is 5.43 Å². The van der Waals surface area contributed by atoms with E-state index in [4.69, 9.17) is 4.74 Å². The van der Waals surface area contributed by atoms with E-state index in [0.717, 1.165) is 0 Å². The van der Waals surface area contributed by atoms with Gasteiger partial charge in [-0.15, -0.1) is 0 Å². The number of rotatable bonds is 7. The van der Waals surface area contributed by atoms with Crippen LogP contribution in [0.25, 0.3) is 0 Å². The molecule has 0 aromatic heterocycles. The Hall–Kier alpha value is -3.27. The quantitative estimate of drug-likeness (QED) is 0.300. The molecule has 2 aromatic rings. The second-order valence-electron chi connectivity index (χ2n) is 5.21. The average molecular weight is 435 g/mol. The number of hydrazone groups is 1. The van der Waals surface area contributed by atoms with Gasteiger partial charge in [-0.2, -0.15) is 5.10 Å². The molecular weight excluding hydrogens is 420 g/mol. The molecule has 2 aromatic carbocycles. The molecule has 0 heterocycles. The fraction of sp³-hybridized carbons (Fsp3) is 0.118. The van der Waals surface area contributed by atoms with Gasteiger partial charge < -0.3 is 10.1 Å². The number of nitro groups is 1. The van der Waals surface area contributed by atoms with Gasteiger partial charge in [-0.05, 0) is 46.3 Å². The van der Waals surface area contributed by atoms with Crippen molar-refractivity contribution < 1.29 is 19.2 Å². The van der Waals surface area contributed by atoms with Crippen LogP contribution in [0.4, 0.5) is 11.4 Å². The van der Waals surface area contributed by atoms with Gasteiger partial charge >= 0.3 is 0 Å². The Morgan fingerprint density at radius 1 is 1.22 bits per heavy atom. The van der Waals surface area contributed by atoms with E-state index in [9.17, 15) is 19.7 Å². The predicted octanol–water partition coefficient (Wildman–Crippen LogP) is 2.84. The average Bonchev–Trinajstić information content (AvgIpc) is 2.63. The highest BCUT2D eigenvalue weighted by Crippen LogP contribution is 2.24. The molecule has 0 radical (unpaired) electrons. The van der Waals surface area contributed by atoms with Crippen molar-refractivity contribution in [2.45, 2.75) is 6.42 Å². The van der Waals surface area contributed by atoms with Crippen LogP contribution in [0.5, 0.6) is 5.75 Å². The zero-order valence-electron chi connectivity index (χ0n) is 14.1. The third kappa shape index (κ3) is 6.19. The summed E-state index contributed by atoms with van der Waals surface area (Å²) in [6.45, 7) is 0. The maximum Gasteiger partial charge on any atom is 0.284 e. The second-order valence-corrected chi connectivity index (χ2v) is 6.07. The van der Waals surface area contributed by atoms with Crippen LogP contribution >= 0.6 is 15.9 Å². The zero-order valence-corrected chi connectivity index (χ0v) is 15.7. The molecule has 10 heteroatoms. The van der Waals surface area contributed by atoms with Gasteiger partial charge in [0.1, 0.15) is 12.2 Å². The Kier molecular flexibility index (Phi) is 7.00. The number of halogens is 1. The molecule has 27 heavy (non-hydrogen) atoms. The highest BCUT2D eigenvalue weighted by atomic mass is 79.9. The summed E-state index contributed by atoms with van der Waals surface area (Å²) < 4.78 is 5.35. The number of anilines is 1. The second kappa shape index (κ2) is 9.43. The van der Waals surface area contributed by atoms with Gasteiger partial charge in [-0.1, -0.05) is 6.07 Å². The first kappa shape index (κ1) is 20.0. The van der Waals surface area contributed by atoms with Gasteiger partial charge in [0.25, 0.3) is 5.69 Å². The minimum absolute atomic E-state index is 0.121. The number of nitrogens with one attached hydrogen (secondary N) is 2. The molecule has 2 amide bonds. The topological polar surface area (TPSA) is 123 Å². The normalized spacial score (nSPS) is 10.4. The van der Waals surface area contributed by atoms with E-state index in [0.29, 0.717) is 21.5 Å². The number of ether oxygens (including phenoxy) is 1. The molecule has 140 valence electrons. The molecule has 2 N–H and O–H groups in total.